The molecule has 23 heavy (non-hydrogen) atoms. The molecule has 1 aromatic rings. The van der Waals surface area contributed by atoms with Gasteiger partial charge in [-0.25, -0.2) is 8.42 Å². The van der Waals surface area contributed by atoms with E-state index in [4.69, 9.17) is 0 Å². The van der Waals surface area contributed by atoms with Crippen molar-refractivity contribution in [3.8, 4) is 0 Å². The van der Waals surface area contributed by atoms with Crippen molar-refractivity contribution in [3.63, 3.8) is 0 Å². The molecule has 0 amide bonds. The van der Waals surface area contributed by atoms with Crippen molar-refractivity contribution in [2.24, 2.45) is 10.9 Å². The van der Waals surface area contributed by atoms with Gasteiger partial charge in [-0.2, -0.15) is 5.10 Å². The molecule has 2 unspecified atom stereocenters. The van der Waals surface area contributed by atoms with Crippen molar-refractivity contribution in [2.75, 3.05) is 24.6 Å². The molecule has 0 radical (unpaired) electrons. The summed E-state index contributed by atoms with van der Waals surface area (Å²) in [4.78, 5) is 4.56. The van der Waals surface area contributed by atoms with Gasteiger partial charge in [0, 0.05) is 38.1 Å². The van der Waals surface area contributed by atoms with Gasteiger partial charge in [0.05, 0.1) is 11.5 Å². The first-order chi connectivity index (χ1) is 10.5. The smallest absolute Gasteiger partial charge is 0.191 e. The van der Waals surface area contributed by atoms with Crippen molar-refractivity contribution in [3.05, 3.63) is 18.5 Å². The molecular formula is C14H26IN5O2S. The van der Waals surface area contributed by atoms with Crippen LogP contribution in [0, 0.1) is 5.92 Å². The van der Waals surface area contributed by atoms with Gasteiger partial charge in [-0.15, -0.1) is 24.0 Å². The number of nitrogens with one attached hydrogen (secondary N) is 2. The summed E-state index contributed by atoms with van der Waals surface area (Å²) in [6, 6.07) is 1.87. The maximum absolute atomic E-state index is 11.5. The highest BCUT2D eigenvalue weighted by atomic mass is 127. The first-order valence-corrected chi connectivity index (χ1v) is 9.53. The van der Waals surface area contributed by atoms with Crippen LogP contribution in [0.3, 0.4) is 0 Å². The Morgan fingerprint density at radius 2 is 2.30 bits per heavy atom. The van der Waals surface area contributed by atoms with Crippen LogP contribution in [0.15, 0.2) is 23.5 Å². The van der Waals surface area contributed by atoms with Crippen LogP contribution in [0.5, 0.6) is 0 Å². The lowest BCUT2D eigenvalue weighted by Gasteiger charge is -2.17. The van der Waals surface area contributed by atoms with E-state index in [0.717, 1.165) is 13.1 Å². The lowest BCUT2D eigenvalue weighted by atomic mass is 10.2. The molecule has 2 atom stereocenters. The van der Waals surface area contributed by atoms with Gasteiger partial charge in [-0.05, 0) is 25.3 Å². The number of aromatic nitrogens is 2. The number of rotatable bonds is 6. The molecule has 7 nitrogen and oxygen atoms in total. The molecule has 1 saturated heterocycles. The van der Waals surface area contributed by atoms with Crippen LogP contribution in [0.4, 0.5) is 0 Å². The summed E-state index contributed by atoms with van der Waals surface area (Å²) in [6.45, 7) is 6.34. The molecule has 1 aliphatic rings. The summed E-state index contributed by atoms with van der Waals surface area (Å²) in [6.07, 6.45) is 4.35. The van der Waals surface area contributed by atoms with Crippen molar-refractivity contribution in [1.29, 1.82) is 0 Å². The summed E-state index contributed by atoms with van der Waals surface area (Å²) < 4.78 is 24.9. The minimum Gasteiger partial charge on any atom is -0.357 e. The van der Waals surface area contributed by atoms with Crippen molar-refractivity contribution in [1.82, 2.24) is 20.4 Å². The number of hydrogen-bond acceptors (Lipinski definition) is 4. The Kier molecular flexibility index (Phi) is 8.31. The van der Waals surface area contributed by atoms with Gasteiger partial charge in [0.15, 0.2) is 15.8 Å². The maximum atomic E-state index is 11.5. The van der Waals surface area contributed by atoms with Crippen LogP contribution < -0.4 is 10.6 Å². The van der Waals surface area contributed by atoms with Crippen LogP contribution in [-0.4, -0.2) is 54.8 Å². The van der Waals surface area contributed by atoms with E-state index in [-0.39, 0.29) is 41.5 Å². The van der Waals surface area contributed by atoms with Gasteiger partial charge in [0.1, 0.15) is 0 Å². The van der Waals surface area contributed by atoms with Crippen LogP contribution >= 0.6 is 24.0 Å². The van der Waals surface area contributed by atoms with E-state index < -0.39 is 9.84 Å². The molecule has 1 aromatic heterocycles. The van der Waals surface area contributed by atoms with Gasteiger partial charge >= 0.3 is 0 Å². The average molecular weight is 455 g/mol. The second kappa shape index (κ2) is 9.45. The average Bonchev–Trinajstić information content (AvgIpc) is 3.06. The Bertz CT molecular complexity index is 588. The van der Waals surface area contributed by atoms with Gasteiger partial charge in [0.25, 0.3) is 0 Å². The number of halogens is 1. The molecule has 0 bridgehead atoms. The molecule has 0 aromatic carbocycles. The van der Waals surface area contributed by atoms with E-state index in [1.165, 1.54) is 0 Å². The molecule has 1 aliphatic heterocycles. The minimum absolute atomic E-state index is 0. The first-order valence-electron chi connectivity index (χ1n) is 7.71. The summed E-state index contributed by atoms with van der Waals surface area (Å²) in [5.74, 6) is 1.50. The van der Waals surface area contributed by atoms with Crippen LogP contribution in [0.1, 0.15) is 20.3 Å². The Labute approximate surface area is 155 Å². The molecule has 0 spiro atoms. The van der Waals surface area contributed by atoms with Crippen LogP contribution in [-0.2, 0) is 16.4 Å². The fraction of sp³-hybridized carbons (Fsp3) is 0.714. The predicted octanol–water partition coefficient (Wildman–Crippen LogP) is 0.879. The molecule has 0 aliphatic carbocycles. The number of sulfone groups is 1. The third-order valence-corrected chi connectivity index (χ3v) is 5.30. The third kappa shape index (κ3) is 7.06. The highest BCUT2D eigenvalue weighted by Crippen LogP contribution is 2.11. The van der Waals surface area contributed by atoms with E-state index in [1.54, 1.807) is 6.20 Å². The maximum Gasteiger partial charge on any atom is 0.191 e. The lowest BCUT2D eigenvalue weighted by Crippen LogP contribution is -2.44. The van der Waals surface area contributed by atoms with E-state index in [2.05, 4.69) is 27.6 Å². The topological polar surface area (TPSA) is 88.4 Å². The number of guanidine groups is 1. The summed E-state index contributed by atoms with van der Waals surface area (Å²) in [7, 11) is -2.88. The van der Waals surface area contributed by atoms with Crippen molar-refractivity contribution in [2.45, 2.75) is 32.9 Å². The van der Waals surface area contributed by atoms with Gasteiger partial charge < -0.3 is 10.6 Å². The molecule has 0 saturated carbocycles. The van der Waals surface area contributed by atoms with Gasteiger partial charge in [-0.3, -0.25) is 9.67 Å². The van der Waals surface area contributed by atoms with E-state index in [1.807, 2.05) is 23.9 Å². The molecular weight excluding hydrogens is 429 g/mol. The van der Waals surface area contributed by atoms with E-state index in [9.17, 15) is 8.42 Å². The zero-order chi connectivity index (χ0) is 16.0. The first kappa shape index (κ1) is 20.2. The van der Waals surface area contributed by atoms with Crippen LogP contribution in [0.2, 0.25) is 0 Å². The summed E-state index contributed by atoms with van der Waals surface area (Å²) >= 11 is 0. The SMILES string of the molecule is CCNC(=NCC(C)Cn1cccn1)NC1CCS(=O)(=O)C1.I. The van der Waals surface area contributed by atoms with Gasteiger partial charge in [0.2, 0.25) is 0 Å². The highest BCUT2D eigenvalue weighted by Gasteiger charge is 2.28. The number of nitrogens with zero attached hydrogens (tertiary/aromatic N) is 3. The van der Waals surface area contributed by atoms with Crippen molar-refractivity contribution < 1.29 is 8.42 Å². The lowest BCUT2D eigenvalue weighted by molar-refractivity contribution is 0.457. The molecule has 1 fully saturated rings. The Hall–Kier alpha value is -0.840. The predicted molar refractivity (Wildman–Crippen MR) is 103 cm³/mol. The Balaban J connectivity index is 0.00000264. The molecule has 2 N–H and O–H groups in total. The molecule has 9 heteroatoms. The standard InChI is InChI=1S/C14H25N5O2S.HI/c1-3-15-14(18-13-5-8-22(20,21)11-13)16-9-12(2)10-19-7-4-6-17-19;/h4,6-7,12-13H,3,5,8-11H2,1-2H3,(H2,15,16,18);1H. The number of hydrogen-bond donors (Lipinski definition) is 2. The normalized spacial score (nSPS) is 21.5. The van der Waals surface area contributed by atoms with Crippen molar-refractivity contribution >= 4 is 39.8 Å². The highest BCUT2D eigenvalue weighted by molar-refractivity contribution is 14.0. The monoisotopic (exact) mass is 455 g/mol. The zero-order valence-corrected chi connectivity index (χ0v) is 16.8. The Morgan fingerprint density at radius 3 is 2.87 bits per heavy atom. The molecule has 2 rings (SSSR count). The summed E-state index contributed by atoms with van der Waals surface area (Å²) in [5.41, 5.74) is 0. The van der Waals surface area contributed by atoms with E-state index in [0.29, 0.717) is 24.8 Å². The third-order valence-electron chi connectivity index (χ3n) is 3.54. The zero-order valence-electron chi connectivity index (χ0n) is 13.6. The minimum atomic E-state index is -2.88. The second-order valence-electron chi connectivity index (χ2n) is 5.80. The quantitative estimate of drug-likeness (QED) is 0.378. The van der Waals surface area contributed by atoms with Crippen LogP contribution in [0.25, 0.3) is 0 Å². The largest absolute Gasteiger partial charge is 0.357 e. The van der Waals surface area contributed by atoms with E-state index >= 15 is 0 Å². The molecule has 132 valence electrons. The fourth-order valence-corrected chi connectivity index (χ4v) is 4.13. The Morgan fingerprint density at radius 1 is 1.52 bits per heavy atom. The number of aliphatic imine (C=N–C) groups is 1. The van der Waals surface area contributed by atoms with Gasteiger partial charge in [-0.1, -0.05) is 6.92 Å². The summed E-state index contributed by atoms with van der Waals surface area (Å²) in [5, 5.41) is 10.6. The molecule has 2 heterocycles. The second-order valence-corrected chi connectivity index (χ2v) is 8.03. The fourth-order valence-electron chi connectivity index (χ4n) is 2.45.